The number of rotatable bonds is 0. The van der Waals surface area contributed by atoms with Crippen LogP contribution in [0.5, 0.6) is 0 Å². The molecular formula is C20H18N2O2S. The Morgan fingerprint density at radius 2 is 2.00 bits per heavy atom. The second kappa shape index (κ2) is 4.91. The fourth-order valence-corrected chi connectivity index (χ4v) is 4.70. The van der Waals surface area contributed by atoms with Crippen LogP contribution < -0.4 is 10.6 Å². The lowest BCUT2D eigenvalue weighted by Crippen LogP contribution is -2.35. The van der Waals surface area contributed by atoms with Gasteiger partial charge in [-0.05, 0) is 17.7 Å². The number of benzene rings is 1. The third kappa shape index (κ3) is 1.86. The normalized spacial score (nSPS) is 17.1. The summed E-state index contributed by atoms with van der Waals surface area (Å²) in [5.41, 5.74) is 4.71. The molecule has 5 heteroatoms. The first-order chi connectivity index (χ1) is 12.0. The molecule has 3 heterocycles. The summed E-state index contributed by atoms with van der Waals surface area (Å²) in [6.45, 7) is 4.48. The molecule has 0 fully saturated rings. The Morgan fingerprint density at radius 3 is 2.80 bits per heavy atom. The molecule has 0 spiro atoms. The summed E-state index contributed by atoms with van der Waals surface area (Å²) in [5.74, 6) is 0. The molecule has 0 atom stereocenters. The van der Waals surface area contributed by atoms with Gasteiger partial charge in [-0.15, -0.1) is 0 Å². The molecular weight excluding hydrogens is 332 g/mol. The van der Waals surface area contributed by atoms with Crippen molar-refractivity contribution in [3.05, 3.63) is 58.4 Å². The number of nitrogens with zero attached hydrogens (tertiary/aromatic N) is 2. The predicted octanol–water partition coefficient (Wildman–Crippen LogP) is 3.02. The Hall–Kier alpha value is -2.21. The van der Waals surface area contributed by atoms with E-state index < -0.39 is 11.0 Å². The van der Waals surface area contributed by atoms with Crippen molar-refractivity contribution in [3.8, 4) is 5.69 Å². The van der Waals surface area contributed by atoms with Crippen LogP contribution in [0.1, 0.15) is 31.4 Å². The SMILES string of the molecule is CC1(C)c2cnccc2-n2c3c(c4cccc1c42)=CC(=S(O)O)CC=3. The van der Waals surface area contributed by atoms with Crippen LogP contribution >= 0.6 is 11.0 Å². The molecule has 1 aliphatic carbocycles. The van der Waals surface area contributed by atoms with Crippen molar-refractivity contribution in [3.63, 3.8) is 0 Å². The van der Waals surface area contributed by atoms with E-state index in [2.05, 4.69) is 53.7 Å². The van der Waals surface area contributed by atoms with Crippen LogP contribution in [0.2, 0.25) is 0 Å². The summed E-state index contributed by atoms with van der Waals surface area (Å²) in [4.78, 5) is 5.02. The molecule has 3 aromatic rings. The topological polar surface area (TPSA) is 58.3 Å². The molecule has 2 N–H and O–H groups in total. The van der Waals surface area contributed by atoms with Gasteiger partial charge in [0.25, 0.3) is 0 Å². The van der Waals surface area contributed by atoms with Crippen molar-refractivity contribution in [2.24, 2.45) is 0 Å². The van der Waals surface area contributed by atoms with Crippen LogP contribution in [0.15, 0.2) is 36.7 Å². The monoisotopic (exact) mass is 350 g/mol. The molecule has 5 rings (SSSR count). The molecule has 0 unspecified atom stereocenters. The first kappa shape index (κ1) is 15.1. The number of pyridine rings is 1. The summed E-state index contributed by atoms with van der Waals surface area (Å²) >= 11 is -1.68. The van der Waals surface area contributed by atoms with Gasteiger partial charge in [-0.1, -0.05) is 38.1 Å². The third-order valence-corrected chi connectivity index (χ3v) is 6.24. The Bertz CT molecular complexity index is 1210. The Balaban J connectivity index is 2.07. The van der Waals surface area contributed by atoms with Gasteiger partial charge in [0.2, 0.25) is 0 Å². The molecule has 2 aliphatic rings. The standard InChI is InChI=1S/C20H18N2O2S/c1-20(2)15-5-3-4-13-14-10-12(25(23)24)6-7-17(14)22(19(13)15)18-8-9-21-11-16(18)20/h3-5,7-11,23-24H,6H2,1-2H3. The first-order valence-corrected chi connectivity index (χ1v) is 9.43. The Labute approximate surface area is 147 Å². The molecule has 0 saturated heterocycles. The maximum atomic E-state index is 9.63. The van der Waals surface area contributed by atoms with Gasteiger partial charge >= 0.3 is 0 Å². The fourth-order valence-electron chi connectivity index (χ4n) is 4.24. The average Bonchev–Trinajstić information content (AvgIpc) is 2.94. The highest BCUT2D eigenvalue weighted by molar-refractivity contribution is 8.06. The van der Waals surface area contributed by atoms with E-state index in [1.54, 1.807) is 0 Å². The van der Waals surface area contributed by atoms with Crippen molar-refractivity contribution in [1.29, 1.82) is 0 Å². The van der Waals surface area contributed by atoms with E-state index in [4.69, 9.17) is 0 Å². The van der Waals surface area contributed by atoms with E-state index in [1.807, 2.05) is 18.5 Å². The zero-order valence-corrected chi connectivity index (χ0v) is 14.8. The molecule has 1 aliphatic heterocycles. The van der Waals surface area contributed by atoms with Crippen molar-refractivity contribution < 1.29 is 9.11 Å². The first-order valence-electron chi connectivity index (χ1n) is 8.29. The van der Waals surface area contributed by atoms with Gasteiger partial charge in [-0.25, -0.2) is 0 Å². The van der Waals surface area contributed by atoms with Crippen LogP contribution in [0, 0.1) is 0 Å². The van der Waals surface area contributed by atoms with Crippen LogP contribution in [0.4, 0.5) is 0 Å². The van der Waals surface area contributed by atoms with Gasteiger partial charge in [-0.3, -0.25) is 4.98 Å². The van der Waals surface area contributed by atoms with Gasteiger partial charge < -0.3 is 13.7 Å². The number of hydrogen-bond donors (Lipinski definition) is 2. The van der Waals surface area contributed by atoms with Crippen molar-refractivity contribution in [2.45, 2.75) is 25.7 Å². The highest BCUT2D eigenvalue weighted by Crippen LogP contribution is 2.42. The minimum absolute atomic E-state index is 0.134. The number of para-hydroxylation sites is 1. The molecule has 4 nitrogen and oxygen atoms in total. The van der Waals surface area contributed by atoms with E-state index >= 15 is 0 Å². The zero-order chi connectivity index (χ0) is 17.3. The van der Waals surface area contributed by atoms with Gasteiger partial charge in [0, 0.05) is 45.3 Å². The minimum atomic E-state index is -1.68. The molecule has 0 bridgehead atoms. The molecule has 1 aromatic carbocycles. The number of fused-ring (bicyclic) bond motifs is 5. The summed E-state index contributed by atoms with van der Waals surface area (Å²) in [6, 6.07) is 8.47. The van der Waals surface area contributed by atoms with E-state index in [0.29, 0.717) is 11.3 Å². The molecule has 126 valence electrons. The Kier molecular flexibility index (Phi) is 2.96. The maximum absolute atomic E-state index is 9.63. The largest absolute Gasteiger partial charge is 0.315 e. The van der Waals surface area contributed by atoms with Crippen LogP contribution in [-0.2, 0) is 5.41 Å². The lowest BCUT2D eigenvalue weighted by Gasteiger charge is -2.34. The lowest BCUT2D eigenvalue weighted by atomic mass is 9.75. The van der Waals surface area contributed by atoms with E-state index in [1.165, 1.54) is 16.6 Å². The fraction of sp³-hybridized carbons (Fsp3) is 0.200. The van der Waals surface area contributed by atoms with Gasteiger partial charge in [0.15, 0.2) is 0 Å². The quantitative estimate of drug-likeness (QED) is 0.613. The summed E-state index contributed by atoms with van der Waals surface area (Å²) < 4.78 is 21.6. The summed E-state index contributed by atoms with van der Waals surface area (Å²) in [6.07, 6.45) is 8.40. The highest BCUT2D eigenvalue weighted by Gasteiger charge is 2.34. The van der Waals surface area contributed by atoms with Crippen molar-refractivity contribution in [1.82, 2.24) is 9.55 Å². The molecule has 2 aromatic heterocycles. The smallest absolute Gasteiger partial charge is 0.0742 e. The molecule has 25 heavy (non-hydrogen) atoms. The average molecular weight is 350 g/mol. The summed E-state index contributed by atoms with van der Waals surface area (Å²) in [5, 5.41) is 3.35. The second-order valence-corrected chi connectivity index (χ2v) is 8.19. The number of aromatic nitrogens is 2. The van der Waals surface area contributed by atoms with Crippen molar-refractivity contribution in [2.75, 3.05) is 0 Å². The van der Waals surface area contributed by atoms with Gasteiger partial charge in [-0.2, -0.15) is 0 Å². The Morgan fingerprint density at radius 1 is 1.16 bits per heavy atom. The molecule has 0 amide bonds. The van der Waals surface area contributed by atoms with Crippen LogP contribution in [0.25, 0.3) is 28.7 Å². The van der Waals surface area contributed by atoms with E-state index in [0.717, 1.165) is 21.6 Å². The summed E-state index contributed by atoms with van der Waals surface area (Å²) in [7, 11) is 0. The van der Waals surface area contributed by atoms with Crippen LogP contribution in [-0.4, -0.2) is 23.5 Å². The van der Waals surface area contributed by atoms with Gasteiger partial charge in [0.1, 0.15) is 0 Å². The van der Waals surface area contributed by atoms with E-state index in [-0.39, 0.29) is 5.41 Å². The lowest BCUT2D eigenvalue weighted by molar-refractivity contribution is 0.536. The zero-order valence-electron chi connectivity index (χ0n) is 14.0. The predicted molar refractivity (Wildman–Crippen MR) is 104 cm³/mol. The number of hydrogen-bond acceptors (Lipinski definition) is 3. The molecule has 0 saturated carbocycles. The van der Waals surface area contributed by atoms with Gasteiger partial charge in [0.05, 0.1) is 27.6 Å². The third-order valence-electron chi connectivity index (χ3n) is 5.49. The molecule has 0 radical (unpaired) electrons. The van der Waals surface area contributed by atoms with Crippen LogP contribution in [0.3, 0.4) is 0 Å². The second-order valence-electron chi connectivity index (χ2n) is 7.14. The van der Waals surface area contributed by atoms with Crippen molar-refractivity contribution >= 4 is 39.0 Å². The minimum Gasteiger partial charge on any atom is -0.315 e. The maximum Gasteiger partial charge on any atom is 0.0742 e. The highest BCUT2D eigenvalue weighted by atomic mass is 32.2. The van der Waals surface area contributed by atoms with E-state index in [9.17, 15) is 9.11 Å².